The van der Waals surface area contributed by atoms with Gasteiger partial charge in [0.05, 0.1) is 10.5 Å². The van der Waals surface area contributed by atoms with Crippen molar-refractivity contribution in [2.24, 2.45) is 0 Å². The minimum absolute atomic E-state index is 0.0803. The zero-order chi connectivity index (χ0) is 21.9. The molecule has 164 valence electrons. The summed E-state index contributed by atoms with van der Waals surface area (Å²) in [5.41, 5.74) is 0.258. The predicted octanol–water partition coefficient (Wildman–Crippen LogP) is 3.03. The Morgan fingerprint density at radius 3 is 2.58 bits per heavy atom. The highest BCUT2D eigenvalue weighted by atomic mass is 32.2. The molecule has 0 N–H and O–H groups in total. The van der Waals surface area contributed by atoms with Crippen molar-refractivity contribution in [1.29, 1.82) is 0 Å². The van der Waals surface area contributed by atoms with Gasteiger partial charge < -0.3 is 9.26 Å². The fourth-order valence-electron chi connectivity index (χ4n) is 3.84. The number of sulfonamides is 1. The van der Waals surface area contributed by atoms with E-state index in [1.54, 1.807) is 25.6 Å². The molecule has 31 heavy (non-hydrogen) atoms. The third-order valence-corrected chi connectivity index (χ3v) is 7.64. The van der Waals surface area contributed by atoms with Crippen molar-refractivity contribution in [3.05, 3.63) is 60.4 Å². The molecule has 0 spiro atoms. The van der Waals surface area contributed by atoms with E-state index < -0.39 is 21.3 Å². The normalized spacial score (nSPS) is 17.0. The van der Waals surface area contributed by atoms with Gasteiger partial charge in [-0.3, -0.25) is 4.98 Å². The summed E-state index contributed by atoms with van der Waals surface area (Å²) < 4.78 is 51.3. The van der Waals surface area contributed by atoms with Crippen LogP contribution in [0.3, 0.4) is 0 Å². The molecule has 10 heteroatoms. The first kappa shape index (κ1) is 21.5. The smallest absolute Gasteiger partial charge is 0.259 e. The van der Waals surface area contributed by atoms with Crippen LogP contribution in [0, 0.1) is 5.82 Å². The summed E-state index contributed by atoms with van der Waals surface area (Å²) in [7, 11) is -2.08. The summed E-state index contributed by atoms with van der Waals surface area (Å²) in [6.07, 6.45) is 4.99. The SMILES string of the molecule is COCCC1(c2noc(-c3cccnc3)n2)CCN(S(=O)(=O)c2ccc(F)cc2)CC1. The Bertz CT molecular complexity index is 1110. The summed E-state index contributed by atoms with van der Waals surface area (Å²) in [5.74, 6) is 0.446. The van der Waals surface area contributed by atoms with E-state index in [0.717, 1.165) is 17.7 Å². The van der Waals surface area contributed by atoms with Crippen LogP contribution >= 0.6 is 0 Å². The number of ether oxygens (including phenoxy) is 1. The van der Waals surface area contributed by atoms with Gasteiger partial charge in [0.1, 0.15) is 5.82 Å². The van der Waals surface area contributed by atoms with Crippen LogP contribution < -0.4 is 0 Å². The number of methoxy groups -OCH3 is 1. The van der Waals surface area contributed by atoms with E-state index in [0.29, 0.717) is 50.7 Å². The maximum Gasteiger partial charge on any atom is 0.259 e. The van der Waals surface area contributed by atoms with Gasteiger partial charge in [0, 0.05) is 44.6 Å². The van der Waals surface area contributed by atoms with E-state index in [-0.39, 0.29) is 4.90 Å². The van der Waals surface area contributed by atoms with Gasteiger partial charge in [0.15, 0.2) is 5.82 Å². The van der Waals surface area contributed by atoms with E-state index in [2.05, 4.69) is 15.1 Å². The van der Waals surface area contributed by atoms with Crippen molar-refractivity contribution in [1.82, 2.24) is 19.4 Å². The van der Waals surface area contributed by atoms with Crippen LogP contribution in [-0.2, 0) is 20.2 Å². The molecule has 4 rings (SSSR count). The summed E-state index contributed by atoms with van der Waals surface area (Å²) in [5, 5.41) is 4.22. The van der Waals surface area contributed by atoms with Crippen molar-refractivity contribution in [2.45, 2.75) is 29.6 Å². The van der Waals surface area contributed by atoms with Gasteiger partial charge in [-0.1, -0.05) is 5.16 Å². The average molecular weight is 447 g/mol. The summed E-state index contributed by atoms with van der Waals surface area (Å²) in [4.78, 5) is 8.76. The molecular formula is C21H23FN4O4S. The first-order valence-corrected chi connectivity index (χ1v) is 11.4. The van der Waals surface area contributed by atoms with Crippen LogP contribution in [0.25, 0.3) is 11.5 Å². The summed E-state index contributed by atoms with van der Waals surface area (Å²) >= 11 is 0. The number of pyridine rings is 1. The maximum atomic E-state index is 13.2. The molecule has 8 nitrogen and oxygen atoms in total. The third kappa shape index (κ3) is 4.36. The van der Waals surface area contributed by atoms with Crippen LogP contribution in [0.1, 0.15) is 25.1 Å². The number of piperidine rings is 1. The van der Waals surface area contributed by atoms with Gasteiger partial charge in [-0.2, -0.15) is 9.29 Å². The lowest BCUT2D eigenvalue weighted by atomic mass is 9.75. The number of aromatic nitrogens is 3. The first-order chi connectivity index (χ1) is 14.9. The molecule has 0 bridgehead atoms. The van der Waals surface area contributed by atoms with Crippen LogP contribution in [0.5, 0.6) is 0 Å². The highest BCUT2D eigenvalue weighted by Crippen LogP contribution is 2.39. The van der Waals surface area contributed by atoms with E-state index in [1.165, 1.54) is 16.4 Å². The molecule has 3 heterocycles. The third-order valence-electron chi connectivity index (χ3n) is 5.72. The molecule has 1 aliphatic rings. The van der Waals surface area contributed by atoms with Crippen LogP contribution in [0.2, 0.25) is 0 Å². The Balaban J connectivity index is 1.56. The van der Waals surface area contributed by atoms with Gasteiger partial charge in [-0.15, -0.1) is 0 Å². The topological polar surface area (TPSA) is 98.4 Å². The fraction of sp³-hybridized carbons (Fsp3) is 0.381. The lowest BCUT2D eigenvalue weighted by Gasteiger charge is -2.39. The Labute approximate surface area is 180 Å². The Kier molecular flexibility index (Phi) is 6.12. The quantitative estimate of drug-likeness (QED) is 0.550. The molecule has 1 fully saturated rings. The largest absolute Gasteiger partial charge is 0.385 e. The van der Waals surface area contributed by atoms with Gasteiger partial charge in [-0.05, 0) is 55.7 Å². The minimum atomic E-state index is -3.71. The summed E-state index contributed by atoms with van der Waals surface area (Å²) in [6, 6.07) is 8.51. The van der Waals surface area contributed by atoms with Crippen molar-refractivity contribution < 1.29 is 22.1 Å². The van der Waals surface area contributed by atoms with Gasteiger partial charge >= 0.3 is 0 Å². The Morgan fingerprint density at radius 1 is 1.19 bits per heavy atom. The van der Waals surface area contributed by atoms with Gasteiger partial charge in [-0.25, -0.2) is 12.8 Å². The average Bonchev–Trinajstić information content (AvgIpc) is 3.30. The van der Waals surface area contributed by atoms with E-state index in [4.69, 9.17) is 9.26 Å². The number of hydrogen-bond donors (Lipinski definition) is 0. The van der Waals surface area contributed by atoms with Crippen LogP contribution in [0.15, 0.2) is 58.2 Å². The molecule has 0 unspecified atom stereocenters. The summed E-state index contributed by atoms with van der Waals surface area (Å²) in [6.45, 7) is 1.07. The van der Waals surface area contributed by atoms with Crippen LogP contribution in [0.4, 0.5) is 4.39 Å². The van der Waals surface area contributed by atoms with E-state index >= 15 is 0 Å². The van der Waals surface area contributed by atoms with Crippen LogP contribution in [-0.4, -0.2) is 54.7 Å². The monoisotopic (exact) mass is 446 g/mol. The van der Waals surface area contributed by atoms with Crippen molar-refractivity contribution in [2.75, 3.05) is 26.8 Å². The van der Waals surface area contributed by atoms with E-state index in [9.17, 15) is 12.8 Å². The number of rotatable bonds is 7. The predicted molar refractivity (Wildman–Crippen MR) is 110 cm³/mol. The molecule has 0 saturated carbocycles. The standard InChI is InChI=1S/C21H23FN4O4S/c1-29-14-10-21(20-24-19(30-25-20)16-3-2-11-23-15-16)8-12-26(13-9-21)31(27,28)18-6-4-17(22)5-7-18/h2-7,11,15H,8-10,12-14H2,1H3. The molecule has 0 aliphatic carbocycles. The molecule has 1 aromatic carbocycles. The number of nitrogens with zero attached hydrogens (tertiary/aromatic N) is 4. The second-order valence-electron chi connectivity index (χ2n) is 7.55. The molecule has 0 radical (unpaired) electrons. The van der Waals surface area contributed by atoms with Crippen molar-refractivity contribution in [3.8, 4) is 11.5 Å². The highest BCUT2D eigenvalue weighted by Gasteiger charge is 2.42. The Hall–Kier alpha value is -2.69. The van der Waals surface area contributed by atoms with E-state index in [1.807, 2.05) is 6.07 Å². The lowest BCUT2D eigenvalue weighted by Crippen LogP contribution is -2.46. The van der Waals surface area contributed by atoms with Gasteiger partial charge in [0.2, 0.25) is 10.0 Å². The minimum Gasteiger partial charge on any atom is -0.385 e. The lowest BCUT2D eigenvalue weighted by molar-refractivity contribution is 0.132. The van der Waals surface area contributed by atoms with Crippen molar-refractivity contribution >= 4 is 10.0 Å². The zero-order valence-corrected chi connectivity index (χ0v) is 17.9. The zero-order valence-electron chi connectivity index (χ0n) is 17.1. The second kappa shape index (κ2) is 8.81. The number of halogens is 1. The molecule has 1 aliphatic heterocycles. The molecule has 3 aromatic rings. The molecular weight excluding hydrogens is 423 g/mol. The number of benzene rings is 1. The molecule has 0 atom stereocenters. The first-order valence-electron chi connectivity index (χ1n) is 9.94. The Morgan fingerprint density at radius 2 is 1.94 bits per heavy atom. The maximum absolute atomic E-state index is 13.2. The molecule has 2 aromatic heterocycles. The fourth-order valence-corrected chi connectivity index (χ4v) is 5.28. The molecule has 1 saturated heterocycles. The molecule has 0 amide bonds. The second-order valence-corrected chi connectivity index (χ2v) is 9.48. The highest BCUT2D eigenvalue weighted by molar-refractivity contribution is 7.89. The van der Waals surface area contributed by atoms with Crippen molar-refractivity contribution in [3.63, 3.8) is 0 Å². The number of hydrogen-bond acceptors (Lipinski definition) is 7. The van der Waals surface area contributed by atoms with Gasteiger partial charge in [0.25, 0.3) is 5.89 Å².